The first-order valence-corrected chi connectivity index (χ1v) is 7.43. The van der Waals surface area contributed by atoms with Crippen molar-refractivity contribution in [1.29, 1.82) is 0 Å². The number of aldehydes is 1. The Bertz CT molecular complexity index is 599. The van der Waals surface area contributed by atoms with Crippen molar-refractivity contribution in [3.05, 3.63) is 62.0 Å². The van der Waals surface area contributed by atoms with Gasteiger partial charge in [0.05, 0.1) is 5.92 Å². The SMILES string of the molecule is O=C[C@@H]1c2cc(Br)ccc2COc2ccc(Br)cc21. The van der Waals surface area contributed by atoms with Crippen molar-refractivity contribution in [3.8, 4) is 5.75 Å². The van der Waals surface area contributed by atoms with E-state index in [0.29, 0.717) is 6.61 Å². The summed E-state index contributed by atoms with van der Waals surface area (Å²) in [6, 6.07) is 11.7. The first-order valence-electron chi connectivity index (χ1n) is 5.85. The van der Waals surface area contributed by atoms with Crippen LogP contribution >= 0.6 is 31.9 Å². The van der Waals surface area contributed by atoms with E-state index in [1.54, 1.807) is 0 Å². The minimum atomic E-state index is -0.289. The lowest BCUT2D eigenvalue weighted by Gasteiger charge is -2.13. The van der Waals surface area contributed by atoms with Gasteiger partial charge in [0.15, 0.2) is 0 Å². The molecule has 0 unspecified atom stereocenters. The topological polar surface area (TPSA) is 26.3 Å². The monoisotopic (exact) mass is 380 g/mol. The van der Waals surface area contributed by atoms with Gasteiger partial charge in [-0.2, -0.15) is 0 Å². The van der Waals surface area contributed by atoms with Crippen LogP contribution in [0.5, 0.6) is 5.75 Å². The summed E-state index contributed by atoms with van der Waals surface area (Å²) in [5.74, 6) is 0.482. The maximum atomic E-state index is 11.6. The second kappa shape index (κ2) is 5.10. The fourth-order valence-corrected chi connectivity index (χ4v) is 3.11. The standard InChI is InChI=1S/C15H10Br2O2/c16-10-2-1-9-8-19-15-4-3-11(17)6-13(15)14(7-18)12(9)5-10/h1-7,14H,8H2/t14-/m1/s1. The Morgan fingerprint density at radius 3 is 2.47 bits per heavy atom. The molecule has 1 heterocycles. The number of rotatable bonds is 1. The van der Waals surface area contributed by atoms with E-state index in [1.807, 2.05) is 36.4 Å². The molecule has 0 spiro atoms. The zero-order valence-corrected chi connectivity index (χ0v) is 13.1. The molecule has 1 aliphatic heterocycles. The minimum Gasteiger partial charge on any atom is -0.489 e. The maximum absolute atomic E-state index is 11.6. The van der Waals surface area contributed by atoms with E-state index in [2.05, 4.69) is 31.9 Å². The van der Waals surface area contributed by atoms with Gasteiger partial charge in [0.25, 0.3) is 0 Å². The number of fused-ring (bicyclic) bond motifs is 2. The summed E-state index contributed by atoms with van der Waals surface area (Å²) >= 11 is 6.91. The third kappa shape index (κ3) is 2.35. The number of carbonyl (C=O) groups is 1. The Balaban J connectivity index is 2.23. The first kappa shape index (κ1) is 12.9. The number of hydrogen-bond acceptors (Lipinski definition) is 2. The Hall–Kier alpha value is -1.13. The Labute approximate surface area is 128 Å². The van der Waals surface area contributed by atoms with E-state index in [4.69, 9.17) is 4.74 Å². The van der Waals surface area contributed by atoms with Gasteiger partial charge in [0.1, 0.15) is 18.6 Å². The van der Waals surface area contributed by atoms with Gasteiger partial charge in [-0.1, -0.05) is 37.9 Å². The lowest BCUT2D eigenvalue weighted by Crippen LogP contribution is -2.04. The number of ether oxygens (including phenoxy) is 1. The molecule has 3 rings (SSSR count). The highest BCUT2D eigenvalue weighted by Crippen LogP contribution is 2.38. The van der Waals surface area contributed by atoms with Crippen LogP contribution in [-0.2, 0) is 11.4 Å². The van der Waals surface area contributed by atoms with Crippen LogP contribution in [0.1, 0.15) is 22.6 Å². The van der Waals surface area contributed by atoms with Crippen LogP contribution in [0, 0.1) is 0 Å². The van der Waals surface area contributed by atoms with E-state index < -0.39 is 0 Å². The van der Waals surface area contributed by atoms with Crippen LogP contribution < -0.4 is 4.74 Å². The highest BCUT2D eigenvalue weighted by atomic mass is 79.9. The van der Waals surface area contributed by atoms with Gasteiger partial charge in [0.2, 0.25) is 0 Å². The van der Waals surface area contributed by atoms with E-state index in [1.165, 1.54) is 0 Å². The van der Waals surface area contributed by atoms with Crippen molar-refractivity contribution >= 4 is 38.1 Å². The molecule has 0 saturated heterocycles. The number of halogens is 2. The van der Waals surface area contributed by atoms with Crippen LogP contribution in [0.3, 0.4) is 0 Å². The van der Waals surface area contributed by atoms with E-state index in [0.717, 1.165) is 37.7 Å². The largest absolute Gasteiger partial charge is 0.489 e. The lowest BCUT2D eigenvalue weighted by molar-refractivity contribution is -0.108. The summed E-state index contributed by atoms with van der Waals surface area (Å²) in [6.45, 7) is 0.488. The summed E-state index contributed by atoms with van der Waals surface area (Å²) in [5, 5.41) is 0. The van der Waals surface area contributed by atoms with Crippen LogP contribution in [0.25, 0.3) is 0 Å². The third-order valence-electron chi connectivity index (χ3n) is 3.27. The molecule has 0 aromatic heterocycles. The maximum Gasteiger partial charge on any atom is 0.132 e. The zero-order chi connectivity index (χ0) is 13.4. The van der Waals surface area contributed by atoms with Crippen molar-refractivity contribution in [1.82, 2.24) is 0 Å². The quantitative estimate of drug-likeness (QED) is 0.683. The van der Waals surface area contributed by atoms with E-state index in [9.17, 15) is 4.79 Å². The highest BCUT2D eigenvalue weighted by Gasteiger charge is 2.24. The van der Waals surface area contributed by atoms with Crippen LogP contribution in [0.2, 0.25) is 0 Å². The molecule has 2 aromatic carbocycles. The molecule has 1 atom stereocenters. The van der Waals surface area contributed by atoms with Gasteiger partial charge in [-0.3, -0.25) is 0 Å². The molecule has 1 aliphatic rings. The van der Waals surface area contributed by atoms with Crippen molar-refractivity contribution < 1.29 is 9.53 Å². The van der Waals surface area contributed by atoms with Gasteiger partial charge in [-0.05, 0) is 41.5 Å². The molecule has 0 bridgehead atoms. The van der Waals surface area contributed by atoms with E-state index >= 15 is 0 Å². The average molecular weight is 382 g/mol. The van der Waals surface area contributed by atoms with Crippen molar-refractivity contribution in [2.75, 3.05) is 0 Å². The summed E-state index contributed by atoms with van der Waals surface area (Å²) in [4.78, 5) is 11.6. The molecule has 0 aliphatic carbocycles. The predicted octanol–water partition coefficient (Wildman–Crippen LogP) is 4.43. The molecule has 2 nitrogen and oxygen atoms in total. The molecule has 0 radical (unpaired) electrons. The van der Waals surface area contributed by atoms with Crippen LogP contribution in [0.4, 0.5) is 0 Å². The molecule has 0 saturated carbocycles. The van der Waals surface area contributed by atoms with Crippen LogP contribution in [-0.4, -0.2) is 6.29 Å². The zero-order valence-electron chi connectivity index (χ0n) is 9.90. The number of hydrogen-bond donors (Lipinski definition) is 0. The Kier molecular flexibility index (Phi) is 3.46. The van der Waals surface area contributed by atoms with Gasteiger partial charge in [0, 0.05) is 14.5 Å². The summed E-state index contributed by atoms with van der Waals surface area (Å²) in [6.07, 6.45) is 0.977. The predicted molar refractivity (Wildman–Crippen MR) is 80.5 cm³/mol. The average Bonchev–Trinajstić information content (AvgIpc) is 2.54. The van der Waals surface area contributed by atoms with Gasteiger partial charge in [-0.15, -0.1) is 0 Å². The molecule has 0 fully saturated rings. The molecule has 2 aromatic rings. The van der Waals surface area contributed by atoms with Gasteiger partial charge < -0.3 is 9.53 Å². The Morgan fingerprint density at radius 1 is 1.05 bits per heavy atom. The molecular weight excluding hydrogens is 372 g/mol. The smallest absolute Gasteiger partial charge is 0.132 e. The first-order chi connectivity index (χ1) is 9.19. The third-order valence-corrected chi connectivity index (χ3v) is 4.26. The van der Waals surface area contributed by atoms with Crippen molar-refractivity contribution in [2.24, 2.45) is 0 Å². The molecule has 0 N–H and O–H groups in total. The Morgan fingerprint density at radius 2 is 1.74 bits per heavy atom. The summed E-state index contributed by atoms with van der Waals surface area (Å²) in [7, 11) is 0. The van der Waals surface area contributed by atoms with Crippen LogP contribution in [0.15, 0.2) is 45.3 Å². The second-order valence-corrected chi connectivity index (χ2v) is 6.26. The highest BCUT2D eigenvalue weighted by molar-refractivity contribution is 9.10. The normalized spacial score (nSPS) is 16.8. The van der Waals surface area contributed by atoms with E-state index in [-0.39, 0.29) is 5.92 Å². The van der Waals surface area contributed by atoms with Gasteiger partial charge >= 0.3 is 0 Å². The molecular formula is C15H10Br2O2. The fraction of sp³-hybridized carbons (Fsp3) is 0.133. The summed E-state index contributed by atoms with van der Waals surface area (Å²) in [5.41, 5.74) is 2.95. The molecule has 96 valence electrons. The minimum absolute atomic E-state index is 0.289. The fourth-order valence-electron chi connectivity index (χ4n) is 2.35. The molecule has 0 amide bonds. The summed E-state index contributed by atoms with van der Waals surface area (Å²) < 4.78 is 7.72. The molecule has 19 heavy (non-hydrogen) atoms. The molecule has 4 heteroatoms. The second-order valence-electron chi connectivity index (χ2n) is 4.43. The van der Waals surface area contributed by atoms with Crippen molar-refractivity contribution in [3.63, 3.8) is 0 Å². The van der Waals surface area contributed by atoms with Crippen molar-refractivity contribution in [2.45, 2.75) is 12.5 Å². The lowest BCUT2D eigenvalue weighted by atomic mass is 9.90. The van der Waals surface area contributed by atoms with Gasteiger partial charge in [-0.25, -0.2) is 0 Å². The number of benzene rings is 2. The number of carbonyl (C=O) groups excluding carboxylic acids is 1.